The average Bonchev–Trinajstić information content (AvgIpc) is 3.12. The third kappa shape index (κ3) is 3.21. The van der Waals surface area contributed by atoms with Gasteiger partial charge in [-0.1, -0.05) is 0 Å². The molecule has 6 heteroatoms. The monoisotopic (exact) mass is 340 g/mol. The Hall–Kier alpha value is -2.50. The van der Waals surface area contributed by atoms with E-state index in [0.29, 0.717) is 5.69 Å². The highest BCUT2D eigenvalue weighted by atomic mass is 16.5. The van der Waals surface area contributed by atoms with E-state index in [4.69, 9.17) is 4.74 Å². The molecule has 25 heavy (non-hydrogen) atoms. The van der Waals surface area contributed by atoms with Gasteiger partial charge in [0, 0.05) is 51.0 Å². The summed E-state index contributed by atoms with van der Waals surface area (Å²) in [5, 5.41) is 0. The quantitative estimate of drug-likeness (QED) is 0.859. The molecule has 0 atom stereocenters. The standard InChI is InChI=1S/C19H24N4O2/c1-25-16-7-5-15(6-8-16)21-10-12-22(13-11-21)19(24)17-14-23-9-3-2-4-18(23)20-17/h5-8,14H,2-4,9-13H2,1H3. The highest BCUT2D eigenvalue weighted by Crippen LogP contribution is 2.21. The molecule has 0 spiro atoms. The number of carbonyl (C=O) groups is 1. The predicted octanol–water partition coefficient (Wildman–Crippen LogP) is 2.19. The van der Waals surface area contributed by atoms with Gasteiger partial charge in [0.2, 0.25) is 0 Å². The fourth-order valence-corrected chi connectivity index (χ4v) is 3.64. The number of hydrogen-bond donors (Lipinski definition) is 0. The Labute approximate surface area is 148 Å². The van der Waals surface area contributed by atoms with Crippen LogP contribution >= 0.6 is 0 Å². The molecule has 1 fully saturated rings. The van der Waals surface area contributed by atoms with Crippen LogP contribution < -0.4 is 9.64 Å². The molecule has 1 aromatic carbocycles. The molecule has 2 aliphatic rings. The minimum atomic E-state index is 0.0660. The van der Waals surface area contributed by atoms with Crippen molar-refractivity contribution in [3.63, 3.8) is 0 Å². The summed E-state index contributed by atoms with van der Waals surface area (Å²) in [6, 6.07) is 8.09. The molecule has 2 aliphatic heterocycles. The molecule has 132 valence electrons. The number of methoxy groups -OCH3 is 1. The molecule has 0 aliphatic carbocycles. The molecular formula is C19H24N4O2. The van der Waals surface area contributed by atoms with E-state index in [-0.39, 0.29) is 5.91 Å². The van der Waals surface area contributed by atoms with Crippen molar-refractivity contribution >= 4 is 11.6 Å². The van der Waals surface area contributed by atoms with E-state index in [0.717, 1.165) is 50.7 Å². The van der Waals surface area contributed by atoms with Gasteiger partial charge in [-0.25, -0.2) is 4.98 Å². The van der Waals surface area contributed by atoms with Crippen molar-refractivity contribution in [1.29, 1.82) is 0 Å². The van der Waals surface area contributed by atoms with Crippen molar-refractivity contribution in [2.24, 2.45) is 0 Å². The molecule has 1 saturated heterocycles. The Morgan fingerprint density at radius 2 is 1.80 bits per heavy atom. The van der Waals surface area contributed by atoms with Crippen LogP contribution in [0.15, 0.2) is 30.5 Å². The lowest BCUT2D eigenvalue weighted by Crippen LogP contribution is -2.48. The van der Waals surface area contributed by atoms with Crippen LogP contribution in [0.2, 0.25) is 0 Å². The summed E-state index contributed by atoms with van der Waals surface area (Å²) in [4.78, 5) is 21.6. The second-order valence-electron chi connectivity index (χ2n) is 6.67. The number of piperazine rings is 1. The van der Waals surface area contributed by atoms with E-state index in [2.05, 4.69) is 26.6 Å². The number of amides is 1. The zero-order valence-electron chi connectivity index (χ0n) is 14.6. The number of rotatable bonds is 3. The van der Waals surface area contributed by atoms with Crippen molar-refractivity contribution in [1.82, 2.24) is 14.5 Å². The fourth-order valence-electron chi connectivity index (χ4n) is 3.64. The third-order valence-electron chi connectivity index (χ3n) is 5.13. The largest absolute Gasteiger partial charge is 0.497 e. The normalized spacial score (nSPS) is 17.3. The molecule has 2 aromatic rings. The van der Waals surface area contributed by atoms with Gasteiger partial charge in [0.15, 0.2) is 0 Å². The zero-order valence-corrected chi connectivity index (χ0v) is 14.6. The van der Waals surface area contributed by atoms with Gasteiger partial charge >= 0.3 is 0 Å². The van der Waals surface area contributed by atoms with Crippen LogP contribution in [-0.4, -0.2) is 53.6 Å². The van der Waals surface area contributed by atoms with Gasteiger partial charge in [-0.05, 0) is 37.1 Å². The lowest BCUT2D eigenvalue weighted by molar-refractivity contribution is 0.0741. The van der Waals surface area contributed by atoms with Crippen molar-refractivity contribution in [3.8, 4) is 5.75 Å². The van der Waals surface area contributed by atoms with Gasteiger partial charge in [-0.2, -0.15) is 0 Å². The molecule has 6 nitrogen and oxygen atoms in total. The van der Waals surface area contributed by atoms with Gasteiger partial charge < -0.3 is 19.1 Å². The van der Waals surface area contributed by atoms with Gasteiger partial charge in [0.05, 0.1) is 7.11 Å². The van der Waals surface area contributed by atoms with E-state index in [1.54, 1.807) is 7.11 Å². The number of benzene rings is 1. The number of ether oxygens (including phenoxy) is 1. The van der Waals surface area contributed by atoms with Crippen LogP contribution in [0.25, 0.3) is 0 Å². The Morgan fingerprint density at radius 3 is 2.48 bits per heavy atom. The highest BCUT2D eigenvalue weighted by Gasteiger charge is 2.25. The van der Waals surface area contributed by atoms with E-state index in [1.807, 2.05) is 23.2 Å². The van der Waals surface area contributed by atoms with Crippen molar-refractivity contribution < 1.29 is 9.53 Å². The minimum absolute atomic E-state index is 0.0660. The molecule has 0 saturated carbocycles. The van der Waals surface area contributed by atoms with Gasteiger partial charge in [0.1, 0.15) is 17.3 Å². The topological polar surface area (TPSA) is 50.6 Å². The molecule has 4 rings (SSSR count). The summed E-state index contributed by atoms with van der Waals surface area (Å²) in [5.74, 6) is 1.99. The smallest absolute Gasteiger partial charge is 0.274 e. The zero-order chi connectivity index (χ0) is 17.2. The first-order valence-corrected chi connectivity index (χ1v) is 8.99. The fraction of sp³-hybridized carbons (Fsp3) is 0.474. The SMILES string of the molecule is COc1ccc(N2CCN(C(=O)c3cn4c(n3)CCCC4)CC2)cc1. The Kier molecular flexibility index (Phi) is 4.34. The van der Waals surface area contributed by atoms with Gasteiger partial charge in [0.25, 0.3) is 5.91 Å². The second-order valence-corrected chi connectivity index (χ2v) is 6.67. The van der Waals surface area contributed by atoms with E-state index in [1.165, 1.54) is 18.5 Å². The van der Waals surface area contributed by atoms with E-state index < -0.39 is 0 Å². The van der Waals surface area contributed by atoms with Crippen molar-refractivity contribution in [2.75, 3.05) is 38.2 Å². The Bertz CT molecular complexity index is 722. The molecule has 0 bridgehead atoms. The first-order chi connectivity index (χ1) is 12.2. The lowest BCUT2D eigenvalue weighted by atomic mass is 10.2. The van der Waals surface area contributed by atoms with Crippen LogP contribution in [0.4, 0.5) is 5.69 Å². The van der Waals surface area contributed by atoms with E-state index >= 15 is 0 Å². The third-order valence-corrected chi connectivity index (χ3v) is 5.13. The number of nitrogens with zero attached hydrogens (tertiary/aromatic N) is 4. The van der Waals surface area contributed by atoms with Crippen molar-refractivity contribution in [3.05, 3.63) is 42.0 Å². The number of aromatic nitrogens is 2. The van der Waals surface area contributed by atoms with Crippen LogP contribution in [0, 0.1) is 0 Å². The molecule has 1 aromatic heterocycles. The number of hydrogen-bond acceptors (Lipinski definition) is 4. The average molecular weight is 340 g/mol. The number of imidazole rings is 1. The maximum Gasteiger partial charge on any atom is 0.274 e. The Morgan fingerprint density at radius 1 is 1.04 bits per heavy atom. The van der Waals surface area contributed by atoms with E-state index in [9.17, 15) is 4.79 Å². The molecule has 0 N–H and O–H groups in total. The summed E-state index contributed by atoms with van der Waals surface area (Å²) in [5.41, 5.74) is 1.78. The van der Waals surface area contributed by atoms with Gasteiger partial charge in [-0.15, -0.1) is 0 Å². The number of carbonyl (C=O) groups excluding carboxylic acids is 1. The summed E-state index contributed by atoms with van der Waals surface area (Å²) in [7, 11) is 1.67. The summed E-state index contributed by atoms with van der Waals surface area (Å²) >= 11 is 0. The van der Waals surface area contributed by atoms with Crippen molar-refractivity contribution in [2.45, 2.75) is 25.8 Å². The minimum Gasteiger partial charge on any atom is -0.497 e. The second kappa shape index (κ2) is 6.78. The summed E-state index contributed by atoms with van der Waals surface area (Å²) in [6.45, 7) is 4.12. The maximum absolute atomic E-state index is 12.8. The predicted molar refractivity (Wildman–Crippen MR) is 96.3 cm³/mol. The lowest BCUT2D eigenvalue weighted by Gasteiger charge is -2.35. The van der Waals surface area contributed by atoms with Gasteiger partial charge in [-0.3, -0.25) is 4.79 Å². The number of anilines is 1. The molecule has 0 radical (unpaired) electrons. The first-order valence-electron chi connectivity index (χ1n) is 8.99. The molecule has 1 amide bonds. The van der Waals surface area contributed by atoms with Crippen LogP contribution in [0.3, 0.4) is 0 Å². The van der Waals surface area contributed by atoms with Crippen LogP contribution in [-0.2, 0) is 13.0 Å². The molecule has 3 heterocycles. The summed E-state index contributed by atoms with van der Waals surface area (Å²) in [6.07, 6.45) is 5.27. The maximum atomic E-state index is 12.8. The van der Waals surface area contributed by atoms with Crippen LogP contribution in [0.5, 0.6) is 5.75 Å². The summed E-state index contributed by atoms with van der Waals surface area (Å²) < 4.78 is 7.35. The van der Waals surface area contributed by atoms with Crippen LogP contribution in [0.1, 0.15) is 29.2 Å². The Balaban J connectivity index is 1.39. The highest BCUT2D eigenvalue weighted by molar-refractivity contribution is 5.92. The molecule has 0 unspecified atom stereocenters. The number of fused-ring (bicyclic) bond motifs is 1. The number of aryl methyl sites for hydroxylation is 2. The first kappa shape index (κ1) is 16.0. The molecular weight excluding hydrogens is 316 g/mol.